The van der Waals surface area contributed by atoms with Gasteiger partial charge in [0.15, 0.2) is 0 Å². The van der Waals surface area contributed by atoms with E-state index in [1.54, 1.807) is 0 Å². The van der Waals surface area contributed by atoms with Crippen molar-refractivity contribution < 1.29 is 0 Å². The Labute approximate surface area is 126 Å². The van der Waals surface area contributed by atoms with E-state index in [4.69, 9.17) is 5.73 Å². The highest BCUT2D eigenvalue weighted by Crippen LogP contribution is 2.16. The van der Waals surface area contributed by atoms with E-state index in [-0.39, 0.29) is 0 Å². The third-order valence-electron chi connectivity index (χ3n) is 3.68. The first-order chi connectivity index (χ1) is 9.70. The van der Waals surface area contributed by atoms with Crippen LogP contribution in [0.1, 0.15) is 29.9 Å². The van der Waals surface area contributed by atoms with Crippen LogP contribution in [0.4, 0.5) is 0 Å². The van der Waals surface area contributed by atoms with E-state index in [0.29, 0.717) is 12.6 Å². The SMILES string of the molecule is CC(C)N(CCc1ccccc1CN)Cc1cccs1. The maximum absolute atomic E-state index is 5.81. The molecule has 0 atom stereocenters. The summed E-state index contributed by atoms with van der Waals surface area (Å²) in [6.07, 6.45) is 1.07. The van der Waals surface area contributed by atoms with Crippen molar-refractivity contribution in [2.24, 2.45) is 5.73 Å². The molecule has 2 rings (SSSR count). The van der Waals surface area contributed by atoms with Gasteiger partial charge in [-0.25, -0.2) is 0 Å². The highest BCUT2D eigenvalue weighted by molar-refractivity contribution is 7.09. The van der Waals surface area contributed by atoms with Gasteiger partial charge in [-0.05, 0) is 42.8 Å². The molecule has 0 aliphatic rings. The van der Waals surface area contributed by atoms with Crippen molar-refractivity contribution in [3.05, 3.63) is 57.8 Å². The fourth-order valence-corrected chi connectivity index (χ4v) is 3.12. The normalized spacial score (nSPS) is 11.4. The topological polar surface area (TPSA) is 29.3 Å². The van der Waals surface area contributed by atoms with Crippen LogP contribution in [-0.4, -0.2) is 17.5 Å². The molecule has 0 amide bonds. The minimum atomic E-state index is 0.558. The van der Waals surface area contributed by atoms with Gasteiger partial charge in [-0.1, -0.05) is 30.3 Å². The lowest BCUT2D eigenvalue weighted by atomic mass is 10.0. The molecule has 0 unspecified atom stereocenters. The molecule has 1 aromatic heterocycles. The fourth-order valence-electron chi connectivity index (χ4n) is 2.39. The maximum atomic E-state index is 5.81. The summed E-state index contributed by atoms with van der Waals surface area (Å²) in [7, 11) is 0. The molecule has 108 valence electrons. The first-order valence-corrected chi connectivity index (χ1v) is 8.12. The Morgan fingerprint density at radius 1 is 1.10 bits per heavy atom. The lowest BCUT2D eigenvalue weighted by molar-refractivity contribution is 0.217. The Morgan fingerprint density at radius 2 is 1.85 bits per heavy atom. The molecule has 0 bridgehead atoms. The van der Waals surface area contributed by atoms with Crippen molar-refractivity contribution in [1.29, 1.82) is 0 Å². The fraction of sp³-hybridized carbons (Fsp3) is 0.412. The van der Waals surface area contributed by atoms with Crippen molar-refractivity contribution in [1.82, 2.24) is 4.90 Å². The summed E-state index contributed by atoms with van der Waals surface area (Å²) < 4.78 is 0. The predicted octanol–water partition coefficient (Wildman–Crippen LogP) is 3.66. The smallest absolute Gasteiger partial charge is 0.0330 e. The van der Waals surface area contributed by atoms with Crippen LogP contribution in [0, 0.1) is 0 Å². The van der Waals surface area contributed by atoms with Gasteiger partial charge in [-0.15, -0.1) is 11.3 Å². The molecule has 0 radical (unpaired) electrons. The van der Waals surface area contributed by atoms with Crippen LogP contribution in [0.3, 0.4) is 0 Å². The second-order valence-corrected chi connectivity index (χ2v) is 6.40. The van der Waals surface area contributed by atoms with Gasteiger partial charge in [0, 0.05) is 30.6 Å². The summed E-state index contributed by atoms with van der Waals surface area (Å²) in [6.45, 7) is 7.28. The molecular formula is C17H24N2S. The van der Waals surface area contributed by atoms with E-state index in [0.717, 1.165) is 19.5 Å². The molecule has 0 aliphatic heterocycles. The van der Waals surface area contributed by atoms with Crippen LogP contribution in [0.2, 0.25) is 0 Å². The summed E-state index contributed by atoms with van der Waals surface area (Å²) in [6, 6.07) is 13.4. The first kappa shape index (κ1) is 15.2. The Bertz CT molecular complexity index is 505. The van der Waals surface area contributed by atoms with Crippen LogP contribution in [0.25, 0.3) is 0 Å². The van der Waals surface area contributed by atoms with Crippen molar-refractivity contribution in [2.45, 2.75) is 39.4 Å². The lowest BCUT2D eigenvalue weighted by Crippen LogP contribution is -2.32. The Morgan fingerprint density at radius 3 is 2.45 bits per heavy atom. The summed E-state index contributed by atoms with van der Waals surface area (Å²) >= 11 is 1.84. The quantitative estimate of drug-likeness (QED) is 0.842. The number of nitrogens with zero attached hydrogens (tertiary/aromatic N) is 1. The van der Waals surface area contributed by atoms with E-state index in [2.05, 4.69) is 60.5 Å². The monoisotopic (exact) mass is 288 g/mol. The largest absolute Gasteiger partial charge is 0.326 e. The number of hydrogen-bond acceptors (Lipinski definition) is 3. The van der Waals surface area contributed by atoms with Gasteiger partial charge in [-0.3, -0.25) is 4.90 Å². The molecule has 1 heterocycles. The van der Waals surface area contributed by atoms with Gasteiger partial charge in [0.2, 0.25) is 0 Å². The van der Waals surface area contributed by atoms with E-state index >= 15 is 0 Å². The lowest BCUT2D eigenvalue weighted by Gasteiger charge is -2.26. The van der Waals surface area contributed by atoms with Crippen LogP contribution < -0.4 is 5.73 Å². The van der Waals surface area contributed by atoms with Gasteiger partial charge in [-0.2, -0.15) is 0 Å². The van der Waals surface area contributed by atoms with Crippen molar-refractivity contribution >= 4 is 11.3 Å². The predicted molar refractivity (Wildman–Crippen MR) is 87.9 cm³/mol. The van der Waals surface area contributed by atoms with Crippen LogP contribution in [0.15, 0.2) is 41.8 Å². The van der Waals surface area contributed by atoms with Gasteiger partial charge in [0.25, 0.3) is 0 Å². The third-order valence-corrected chi connectivity index (χ3v) is 4.54. The van der Waals surface area contributed by atoms with Gasteiger partial charge < -0.3 is 5.73 Å². The zero-order valence-electron chi connectivity index (χ0n) is 12.4. The number of nitrogens with two attached hydrogens (primary N) is 1. The molecule has 2 nitrogen and oxygen atoms in total. The number of hydrogen-bond donors (Lipinski definition) is 1. The summed E-state index contributed by atoms with van der Waals surface area (Å²) in [4.78, 5) is 3.96. The average molecular weight is 288 g/mol. The van der Waals surface area contributed by atoms with E-state index in [1.807, 2.05) is 11.3 Å². The van der Waals surface area contributed by atoms with Crippen LogP contribution in [-0.2, 0) is 19.5 Å². The van der Waals surface area contributed by atoms with Gasteiger partial charge >= 0.3 is 0 Å². The van der Waals surface area contributed by atoms with Gasteiger partial charge in [0.1, 0.15) is 0 Å². The summed E-state index contributed by atoms with van der Waals surface area (Å²) in [5.74, 6) is 0. The molecule has 2 aromatic rings. The van der Waals surface area contributed by atoms with Gasteiger partial charge in [0.05, 0.1) is 0 Å². The van der Waals surface area contributed by atoms with Crippen LogP contribution >= 0.6 is 11.3 Å². The number of rotatable bonds is 7. The molecule has 20 heavy (non-hydrogen) atoms. The standard InChI is InChI=1S/C17H24N2S/c1-14(2)19(13-17-8-5-11-20-17)10-9-15-6-3-4-7-16(15)12-18/h3-8,11,14H,9-10,12-13,18H2,1-2H3. The highest BCUT2D eigenvalue weighted by atomic mass is 32.1. The Hall–Kier alpha value is -1.16. The number of benzene rings is 1. The molecule has 2 N–H and O–H groups in total. The second-order valence-electron chi connectivity index (χ2n) is 5.37. The zero-order valence-corrected chi connectivity index (χ0v) is 13.2. The van der Waals surface area contributed by atoms with Crippen molar-refractivity contribution in [3.63, 3.8) is 0 Å². The van der Waals surface area contributed by atoms with E-state index < -0.39 is 0 Å². The van der Waals surface area contributed by atoms with Crippen LogP contribution in [0.5, 0.6) is 0 Å². The highest BCUT2D eigenvalue weighted by Gasteiger charge is 2.11. The van der Waals surface area contributed by atoms with E-state index in [9.17, 15) is 0 Å². The Kier molecular flexibility index (Phi) is 5.77. The maximum Gasteiger partial charge on any atom is 0.0330 e. The molecule has 0 saturated carbocycles. The minimum Gasteiger partial charge on any atom is -0.326 e. The Balaban J connectivity index is 1.98. The summed E-state index contributed by atoms with van der Waals surface area (Å²) in [5, 5.41) is 2.15. The molecule has 0 fully saturated rings. The summed E-state index contributed by atoms with van der Waals surface area (Å²) in [5.41, 5.74) is 8.47. The second kappa shape index (κ2) is 7.58. The minimum absolute atomic E-state index is 0.558. The first-order valence-electron chi connectivity index (χ1n) is 7.24. The van der Waals surface area contributed by atoms with Crippen molar-refractivity contribution in [2.75, 3.05) is 6.54 Å². The van der Waals surface area contributed by atoms with Crippen molar-refractivity contribution in [3.8, 4) is 0 Å². The molecule has 0 spiro atoms. The molecule has 1 aromatic carbocycles. The molecule has 0 aliphatic carbocycles. The average Bonchev–Trinajstić information content (AvgIpc) is 2.96. The zero-order chi connectivity index (χ0) is 14.4. The van der Waals surface area contributed by atoms with E-state index in [1.165, 1.54) is 16.0 Å². The molecular weight excluding hydrogens is 264 g/mol. The molecule has 0 saturated heterocycles. The molecule has 3 heteroatoms. The number of thiophene rings is 1. The third kappa shape index (κ3) is 4.17.